The van der Waals surface area contributed by atoms with Crippen molar-refractivity contribution >= 4 is 17.2 Å². The van der Waals surface area contributed by atoms with Gasteiger partial charge in [0.25, 0.3) is 0 Å². The quantitative estimate of drug-likeness (QED) is 0.813. The van der Waals surface area contributed by atoms with Crippen LogP contribution in [0.15, 0.2) is 41.8 Å². The minimum Gasteiger partial charge on any atom is -0.341 e. The molecule has 0 aliphatic carbocycles. The summed E-state index contributed by atoms with van der Waals surface area (Å²) in [4.78, 5) is 18.7. The van der Waals surface area contributed by atoms with Crippen molar-refractivity contribution in [3.63, 3.8) is 0 Å². The summed E-state index contributed by atoms with van der Waals surface area (Å²) in [6, 6.07) is 13.2. The first kappa shape index (κ1) is 16.8. The van der Waals surface area contributed by atoms with Crippen molar-refractivity contribution in [1.29, 1.82) is 0 Å². The monoisotopic (exact) mass is 354 g/mol. The number of amides is 1. The topological polar surface area (TPSA) is 23.6 Å². The number of thiophene rings is 1. The fourth-order valence-corrected chi connectivity index (χ4v) is 4.79. The highest BCUT2D eigenvalue weighted by Crippen LogP contribution is 2.26. The van der Waals surface area contributed by atoms with Crippen LogP contribution in [0.2, 0.25) is 0 Å². The highest BCUT2D eigenvalue weighted by Gasteiger charge is 2.32. The third-order valence-electron chi connectivity index (χ3n) is 5.46. The summed E-state index contributed by atoms with van der Waals surface area (Å²) < 4.78 is 0. The van der Waals surface area contributed by atoms with Crippen LogP contribution in [0, 0.1) is 0 Å². The van der Waals surface area contributed by atoms with Crippen LogP contribution in [0.4, 0.5) is 0 Å². The molecule has 1 unspecified atom stereocenters. The Morgan fingerprint density at radius 1 is 1.00 bits per heavy atom. The lowest BCUT2D eigenvalue weighted by atomic mass is 9.99. The average molecular weight is 355 g/mol. The molecule has 2 aliphatic heterocycles. The van der Waals surface area contributed by atoms with Crippen LogP contribution in [-0.2, 0) is 11.3 Å². The summed E-state index contributed by atoms with van der Waals surface area (Å²) in [5.41, 5.74) is 2.59. The van der Waals surface area contributed by atoms with Gasteiger partial charge in [-0.15, -0.1) is 11.3 Å². The van der Waals surface area contributed by atoms with Crippen molar-refractivity contribution in [1.82, 2.24) is 9.80 Å². The van der Waals surface area contributed by atoms with Crippen LogP contribution >= 0.6 is 11.3 Å². The molecule has 0 radical (unpaired) electrons. The second kappa shape index (κ2) is 7.71. The van der Waals surface area contributed by atoms with Crippen LogP contribution in [0.5, 0.6) is 0 Å². The second-order valence-electron chi connectivity index (χ2n) is 7.19. The van der Waals surface area contributed by atoms with Gasteiger partial charge >= 0.3 is 0 Å². The molecule has 0 bridgehead atoms. The number of hydrogen-bond acceptors (Lipinski definition) is 3. The van der Waals surface area contributed by atoms with E-state index in [9.17, 15) is 4.79 Å². The molecular formula is C21H26N2OS. The Morgan fingerprint density at radius 3 is 2.48 bits per heavy atom. The van der Waals surface area contributed by atoms with E-state index in [1.54, 1.807) is 11.3 Å². The largest absolute Gasteiger partial charge is 0.341 e. The molecule has 3 nitrogen and oxygen atoms in total. The first-order chi connectivity index (χ1) is 12.3. The zero-order valence-corrected chi connectivity index (χ0v) is 15.5. The smallest absolute Gasteiger partial charge is 0.239 e. The van der Waals surface area contributed by atoms with Gasteiger partial charge in [0.2, 0.25) is 5.91 Å². The predicted molar refractivity (Wildman–Crippen MR) is 104 cm³/mol. The van der Waals surface area contributed by atoms with Crippen LogP contribution in [0.3, 0.4) is 0 Å². The first-order valence-corrected chi connectivity index (χ1v) is 10.3. The van der Waals surface area contributed by atoms with Crippen LogP contribution < -0.4 is 0 Å². The SMILES string of the molecule is O=C(C1CCCCN1Cc1ccc(-c2cccs2)cc1)N1CCCC1. The molecular weight excluding hydrogens is 328 g/mol. The zero-order chi connectivity index (χ0) is 17.1. The van der Waals surface area contributed by atoms with Gasteiger partial charge < -0.3 is 4.90 Å². The van der Waals surface area contributed by atoms with Gasteiger partial charge in [-0.05, 0) is 54.8 Å². The summed E-state index contributed by atoms with van der Waals surface area (Å²) in [5.74, 6) is 0.368. The van der Waals surface area contributed by atoms with Gasteiger partial charge in [0, 0.05) is 24.5 Å². The van der Waals surface area contributed by atoms with Crippen molar-refractivity contribution in [3.05, 3.63) is 47.3 Å². The molecule has 25 heavy (non-hydrogen) atoms. The predicted octanol–water partition coefficient (Wildman–Crippen LogP) is 4.39. The molecule has 4 rings (SSSR count). The van der Waals surface area contributed by atoms with E-state index in [1.807, 2.05) is 0 Å². The number of carbonyl (C=O) groups excluding carboxylic acids is 1. The minimum atomic E-state index is 0.0869. The summed E-state index contributed by atoms with van der Waals surface area (Å²) in [5, 5.41) is 2.12. The van der Waals surface area contributed by atoms with E-state index < -0.39 is 0 Å². The fourth-order valence-electron chi connectivity index (χ4n) is 4.06. The number of rotatable bonds is 4. The van der Waals surface area contributed by atoms with Gasteiger partial charge in [0.05, 0.1) is 6.04 Å². The molecule has 2 aromatic rings. The molecule has 2 aliphatic rings. The third kappa shape index (κ3) is 3.80. The molecule has 132 valence electrons. The van der Waals surface area contributed by atoms with Crippen LogP contribution in [0.1, 0.15) is 37.7 Å². The molecule has 2 fully saturated rings. The average Bonchev–Trinajstić information content (AvgIpc) is 3.36. The van der Waals surface area contributed by atoms with E-state index in [4.69, 9.17) is 0 Å². The van der Waals surface area contributed by atoms with Gasteiger partial charge in [-0.3, -0.25) is 9.69 Å². The Bertz CT molecular complexity index is 689. The molecule has 0 saturated carbocycles. The van der Waals surface area contributed by atoms with Gasteiger partial charge in [-0.2, -0.15) is 0 Å². The number of nitrogens with zero attached hydrogens (tertiary/aromatic N) is 2. The Balaban J connectivity index is 1.45. The first-order valence-electron chi connectivity index (χ1n) is 9.47. The molecule has 0 N–H and O–H groups in total. The molecule has 1 atom stereocenters. The fraction of sp³-hybridized carbons (Fsp3) is 0.476. The Morgan fingerprint density at radius 2 is 1.76 bits per heavy atom. The number of benzene rings is 1. The summed E-state index contributed by atoms with van der Waals surface area (Å²) >= 11 is 1.78. The van der Waals surface area contributed by atoms with E-state index in [1.165, 1.54) is 41.7 Å². The van der Waals surface area contributed by atoms with E-state index >= 15 is 0 Å². The minimum absolute atomic E-state index is 0.0869. The lowest BCUT2D eigenvalue weighted by Gasteiger charge is -2.36. The van der Waals surface area contributed by atoms with E-state index in [0.29, 0.717) is 5.91 Å². The highest BCUT2D eigenvalue weighted by molar-refractivity contribution is 7.13. The van der Waals surface area contributed by atoms with Crippen molar-refractivity contribution < 1.29 is 4.79 Å². The Kier molecular flexibility index (Phi) is 5.18. The number of piperidine rings is 1. The Hall–Kier alpha value is -1.65. The molecule has 2 saturated heterocycles. The maximum absolute atomic E-state index is 12.9. The van der Waals surface area contributed by atoms with Gasteiger partial charge in [-0.25, -0.2) is 0 Å². The number of likely N-dealkylation sites (tertiary alicyclic amines) is 2. The summed E-state index contributed by atoms with van der Waals surface area (Å²) in [7, 11) is 0. The standard InChI is InChI=1S/C21H26N2OS/c24-21(22-12-3-4-13-22)19-6-1-2-14-23(19)16-17-8-10-18(11-9-17)20-7-5-15-25-20/h5,7-11,15,19H,1-4,6,12-14,16H2. The molecule has 4 heteroatoms. The lowest BCUT2D eigenvalue weighted by molar-refractivity contribution is -0.137. The number of carbonyl (C=O) groups is 1. The highest BCUT2D eigenvalue weighted by atomic mass is 32.1. The van der Waals surface area contributed by atoms with Crippen molar-refractivity contribution in [3.8, 4) is 10.4 Å². The van der Waals surface area contributed by atoms with Gasteiger partial charge in [0.15, 0.2) is 0 Å². The van der Waals surface area contributed by atoms with E-state index in [0.717, 1.165) is 32.6 Å². The second-order valence-corrected chi connectivity index (χ2v) is 8.14. The normalized spacial score (nSPS) is 21.6. The molecule has 0 spiro atoms. The van der Waals surface area contributed by atoms with Gasteiger partial charge in [-0.1, -0.05) is 36.8 Å². The third-order valence-corrected chi connectivity index (χ3v) is 6.38. The van der Waals surface area contributed by atoms with Crippen LogP contribution in [-0.4, -0.2) is 41.4 Å². The van der Waals surface area contributed by atoms with Crippen LogP contribution in [0.25, 0.3) is 10.4 Å². The van der Waals surface area contributed by atoms with Gasteiger partial charge in [0.1, 0.15) is 0 Å². The molecule has 1 aromatic heterocycles. The van der Waals surface area contributed by atoms with E-state index in [2.05, 4.69) is 51.6 Å². The van der Waals surface area contributed by atoms with Crippen molar-refractivity contribution in [2.45, 2.75) is 44.7 Å². The van der Waals surface area contributed by atoms with E-state index in [-0.39, 0.29) is 6.04 Å². The maximum Gasteiger partial charge on any atom is 0.239 e. The maximum atomic E-state index is 12.9. The Labute approximate surface area is 154 Å². The molecule has 3 heterocycles. The zero-order valence-electron chi connectivity index (χ0n) is 14.7. The number of hydrogen-bond donors (Lipinski definition) is 0. The van der Waals surface area contributed by atoms with Crippen molar-refractivity contribution in [2.24, 2.45) is 0 Å². The lowest BCUT2D eigenvalue weighted by Crippen LogP contribution is -2.49. The molecule has 1 amide bonds. The molecule has 1 aromatic carbocycles. The van der Waals surface area contributed by atoms with Crippen molar-refractivity contribution in [2.75, 3.05) is 19.6 Å². The summed E-state index contributed by atoms with van der Waals surface area (Å²) in [6.45, 7) is 3.84. The summed E-state index contributed by atoms with van der Waals surface area (Å²) in [6.07, 6.45) is 5.74.